The Labute approximate surface area is 162 Å². The van der Waals surface area contributed by atoms with Gasteiger partial charge in [-0.3, -0.25) is 9.59 Å². The molecule has 0 aromatic heterocycles. The number of carbonyl (C=O) groups excluding carboxylic acids is 2. The summed E-state index contributed by atoms with van der Waals surface area (Å²) < 4.78 is 5.68. The molecule has 6 heteroatoms. The van der Waals surface area contributed by atoms with E-state index >= 15 is 0 Å². The summed E-state index contributed by atoms with van der Waals surface area (Å²) in [7, 11) is 0. The van der Waals surface area contributed by atoms with Crippen LogP contribution in [0.2, 0.25) is 0 Å². The topological polar surface area (TPSA) is 91.2 Å². The molecular formula is C22H17N3O3. The zero-order valence-electron chi connectivity index (χ0n) is 14.9. The Hall–Kier alpha value is -4.11. The van der Waals surface area contributed by atoms with Crippen LogP contribution in [0.15, 0.2) is 78.9 Å². The molecule has 2 N–H and O–H groups in total. The van der Waals surface area contributed by atoms with Crippen molar-refractivity contribution in [3.8, 4) is 11.8 Å². The minimum Gasteiger partial charge on any atom is -0.489 e. The first-order valence-corrected chi connectivity index (χ1v) is 8.53. The van der Waals surface area contributed by atoms with Gasteiger partial charge in [0, 0.05) is 11.4 Å². The molecule has 28 heavy (non-hydrogen) atoms. The lowest BCUT2D eigenvalue weighted by Crippen LogP contribution is -2.29. The number of benzene rings is 3. The van der Waals surface area contributed by atoms with Crippen molar-refractivity contribution in [2.24, 2.45) is 0 Å². The highest BCUT2D eigenvalue weighted by molar-refractivity contribution is 6.43. The Morgan fingerprint density at radius 3 is 2.18 bits per heavy atom. The normalized spacial score (nSPS) is 9.82. The van der Waals surface area contributed by atoms with E-state index in [0.717, 1.165) is 5.56 Å². The van der Waals surface area contributed by atoms with E-state index in [2.05, 4.69) is 10.6 Å². The van der Waals surface area contributed by atoms with Crippen molar-refractivity contribution >= 4 is 23.2 Å². The molecule has 0 bridgehead atoms. The van der Waals surface area contributed by atoms with E-state index in [1.54, 1.807) is 42.5 Å². The van der Waals surface area contributed by atoms with Crippen molar-refractivity contribution in [3.05, 3.63) is 90.0 Å². The van der Waals surface area contributed by atoms with Crippen LogP contribution >= 0.6 is 0 Å². The fourth-order valence-corrected chi connectivity index (χ4v) is 2.42. The number of carbonyl (C=O) groups is 2. The van der Waals surface area contributed by atoms with Crippen LogP contribution in [-0.4, -0.2) is 11.8 Å². The first-order valence-electron chi connectivity index (χ1n) is 8.53. The molecular weight excluding hydrogens is 354 g/mol. The molecule has 0 atom stereocenters. The number of nitrogens with zero attached hydrogens (tertiary/aromatic N) is 1. The first kappa shape index (κ1) is 18.7. The van der Waals surface area contributed by atoms with Gasteiger partial charge in [-0.2, -0.15) is 5.26 Å². The second-order valence-electron chi connectivity index (χ2n) is 5.90. The third-order valence-corrected chi connectivity index (χ3v) is 3.82. The van der Waals surface area contributed by atoms with Crippen LogP contribution in [-0.2, 0) is 16.2 Å². The molecule has 3 aromatic carbocycles. The zero-order chi connectivity index (χ0) is 19.8. The van der Waals surface area contributed by atoms with Gasteiger partial charge in [-0.1, -0.05) is 36.4 Å². The summed E-state index contributed by atoms with van der Waals surface area (Å²) in [5.74, 6) is -0.973. The van der Waals surface area contributed by atoms with Gasteiger partial charge in [0.1, 0.15) is 12.4 Å². The van der Waals surface area contributed by atoms with Gasteiger partial charge in [-0.15, -0.1) is 0 Å². The molecule has 0 unspecified atom stereocenters. The molecule has 0 saturated heterocycles. The standard InChI is InChI=1S/C22H17N3O3/c23-14-17-7-4-8-19(13-17)25-22(27)21(26)24-18-9-11-20(12-10-18)28-15-16-5-2-1-3-6-16/h1-13H,15H2,(H,24,26)(H,25,27). The van der Waals surface area contributed by atoms with Crippen molar-refractivity contribution < 1.29 is 14.3 Å². The Balaban J connectivity index is 1.53. The lowest BCUT2D eigenvalue weighted by Gasteiger charge is -2.09. The van der Waals surface area contributed by atoms with Gasteiger partial charge >= 0.3 is 11.8 Å². The second kappa shape index (κ2) is 9.01. The van der Waals surface area contributed by atoms with Gasteiger partial charge in [0.05, 0.1) is 11.6 Å². The highest BCUT2D eigenvalue weighted by atomic mass is 16.5. The summed E-state index contributed by atoms with van der Waals surface area (Å²) in [5.41, 5.74) is 2.29. The molecule has 3 rings (SSSR count). The minimum atomic E-state index is -0.820. The molecule has 0 radical (unpaired) electrons. The highest BCUT2D eigenvalue weighted by Gasteiger charge is 2.14. The highest BCUT2D eigenvalue weighted by Crippen LogP contribution is 2.17. The Kier molecular flexibility index (Phi) is 6.01. The number of hydrogen-bond donors (Lipinski definition) is 2. The molecule has 0 aliphatic heterocycles. The second-order valence-corrected chi connectivity index (χ2v) is 5.90. The number of nitriles is 1. The fraction of sp³-hybridized carbons (Fsp3) is 0.0455. The van der Waals surface area contributed by atoms with Crippen LogP contribution in [0, 0.1) is 11.3 Å². The average molecular weight is 371 g/mol. The third kappa shape index (κ3) is 5.19. The van der Waals surface area contributed by atoms with Gasteiger partial charge in [-0.25, -0.2) is 0 Å². The van der Waals surface area contributed by atoms with E-state index in [1.807, 2.05) is 36.4 Å². The van der Waals surface area contributed by atoms with E-state index in [9.17, 15) is 9.59 Å². The average Bonchev–Trinajstić information content (AvgIpc) is 2.74. The van der Waals surface area contributed by atoms with Crippen molar-refractivity contribution in [3.63, 3.8) is 0 Å². The van der Waals surface area contributed by atoms with E-state index in [-0.39, 0.29) is 0 Å². The Morgan fingerprint density at radius 2 is 1.50 bits per heavy atom. The van der Waals surface area contributed by atoms with Crippen molar-refractivity contribution in [2.45, 2.75) is 6.61 Å². The zero-order valence-corrected chi connectivity index (χ0v) is 14.9. The smallest absolute Gasteiger partial charge is 0.314 e. The number of amides is 2. The lowest BCUT2D eigenvalue weighted by atomic mass is 10.2. The molecule has 0 fully saturated rings. The number of rotatable bonds is 5. The summed E-state index contributed by atoms with van der Waals surface area (Å²) in [5, 5.41) is 13.9. The van der Waals surface area contributed by atoms with Gasteiger partial charge in [0.2, 0.25) is 0 Å². The maximum absolute atomic E-state index is 12.0. The van der Waals surface area contributed by atoms with Crippen LogP contribution in [0.4, 0.5) is 11.4 Å². The summed E-state index contributed by atoms with van der Waals surface area (Å²) in [4.78, 5) is 24.1. The molecule has 0 spiro atoms. The van der Waals surface area contributed by atoms with Crippen LogP contribution in [0.25, 0.3) is 0 Å². The fourth-order valence-electron chi connectivity index (χ4n) is 2.42. The van der Waals surface area contributed by atoms with Gasteiger partial charge < -0.3 is 15.4 Å². The number of ether oxygens (including phenoxy) is 1. The SMILES string of the molecule is N#Cc1cccc(NC(=O)C(=O)Nc2ccc(OCc3ccccc3)cc2)c1. The summed E-state index contributed by atoms with van der Waals surface area (Å²) in [6, 6.07) is 24.8. The monoisotopic (exact) mass is 371 g/mol. The van der Waals surface area contributed by atoms with Crippen molar-refractivity contribution in [2.75, 3.05) is 10.6 Å². The summed E-state index contributed by atoms with van der Waals surface area (Å²) in [6.45, 7) is 0.441. The largest absolute Gasteiger partial charge is 0.489 e. The Bertz CT molecular complexity index is 1010. The molecule has 2 amide bonds. The van der Waals surface area contributed by atoms with E-state index in [0.29, 0.717) is 29.3 Å². The van der Waals surface area contributed by atoms with Crippen LogP contribution in [0.1, 0.15) is 11.1 Å². The predicted molar refractivity (Wildman–Crippen MR) is 106 cm³/mol. The molecule has 0 heterocycles. The maximum Gasteiger partial charge on any atom is 0.314 e. The van der Waals surface area contributed by atoms with Crippen LogP contribution < -0.4 is 15.4 Å². The van der Waals surface area contributed by atoms with Gasteiger partial charge in [0.25, 0.3) is 0 Å². The van der Waals surface area contributed by atoms with Crippen molar-refractivity contribution in [1.82, 2.24) is 0 Å². The molecule has 6 nitrogen and oxygen atoms in total. The number of hydrogen-bond acceptors (Lipinski definition) is 4. The number of nitrogens with one attached hydrogen (secondary N) is 2. The van der Waals surface area contributed by atoms with Crippen molar-refractivity contribution in [1.29, 1.82) is 5.26 Å². The first-order chi connectivity index (χ1) is 13.6. The summed E-state index contributed by atoms with van der Waals surface area (Å²) in [6.07, 6.45) is 0. The van der Waals surface area contributed by atoms with Gasteiger partial charge in [0.15, 0.2) is 0 Å². The quantitative estimate of drug-likeness (QED) is 0.669. The molecule has 138 valence electrons. The molecule has 0 aliphatic rings. The maximum atomic E-state index is 12.0. The summed E-state index contributed by atoms with van der Waals surface area (Å²) >= 11 is 0. The van der Waals surface area contributed by atoms with E-state index < -0.39 is 11.8 Å². The van der Waals surface area contributed by atoms with Crippen LogP contribution in [0.3, 0.4) is 0 Å². The van der Waals surface area contributed by atoms with E-state index in [4.69, 9.17) is 10.00 Å². The number of anilines is 2. The predicted octanol–water partition coefficient (Wildman–Crippen LogP) is 3.71. The lowest BCUT2D eigenvalue weighted by molar-refractivity contribution is -0.132. The molecule has 0 saturated carbocycles. The third-order valence-electron chi connectivity index (χ3n) is 3.82. The Morgan fingerprint density at radius 1 is 0.821 bits per heavy atom. The molecule has 3 aromatic rings. The van der Waals surface area contributed by atoms with E-state index in [1.165, 1.54) is 6.07 Å². The molecule has 0 aliphatic carbocycles. The van der Waals surface area contributed by atoms with Gasteiger partial charge in [-0.05, 0) is 48.0 Å². The minimum absolute atomic E-state index is 0.379. The van der Waals surface area contributed by atoms with Crippen LogP contribution in [0.5, 0.6) is 5.75 Å².